The fourth-order valence-corrected chi connectivity index (χ4v) is 4.67. The summed E-state index contributed by atoms with van der Waals surface area (Å²) >= 11 is 0. The molecule has 0 bridgehead atoms. The Kier molecular flexibility index (Phi) is 7.60. The lowest BCUT2D eigenvalue weighted by molar-refractivity contribution is 0.0338. The van der Waals surface area contributed by atoms with Crippen LogP contribution < -0.4 is 10.6 Å². The van der Waals surface area contributed by atoms with Gasteiger partial charge in [-0.2, -0.15) is 0 Å². The highest BCUT2D eigenvalue weighted by Crippen LogP contribution is 2.23. The smallest absolute Gasteiger partial charge is 0.319 e. The first-order valence-electron chi connectivity index (χ1n) is 10.5. The van der Waals surface area contributed by atoms with Crippen LogP contribution in [-0.2, 0) is 28.6 Å². The standard InChI is InChI=1S/C24H26N4O3S/c29-24(26-17-19-4-3-11-25-16-19)27-21-7-9-22(10-8-21)32(30)23-6-2-1-5-20(23)18-28-12-14-31-15-13-28/h1-11,16H,12-15,17-18H2,(H2,26,27,29). The zero-order valence-corrected chi connectivity index (χ0v) is 18.5. The van der Waals surface area contributed by atoms with Gasteiger partial charge in [-0.15, -0.1) is 0 Å². The first kappa shape index (κ1) is 22.1. The summed E-state index contributed by atoms with van der Waals surface area (Å²) in [5.74, 6) is 0. The van der Waals surface area contributed by atoms with Crippen LogP contribution in [0.5, 0.6) is 0 Å². The highest BCUT2D eigenvalue weighted by molar-refractivity contribution is 7.85. The van der Waals surface area contributed by atoms with Crippen LogP contribution in [0.15, 0.2) is 82.8 Å². The van der Waals surface area contributed by atoms with E-state index in [9.17, 15) is 9.00 Å². The van der Waals surface area contributed by atoms with Gasteiger partial charge in [-0.25, -0.2) is 9.00 Å². The highest BCUT2D eigenvalue weighted by atomic mass is 32.2. The maximum atomic E-state index is 13.3. The van der Waals surface area contributed by atoms with Crippen LogP contribution in [0.25, 0.3) is 0 Å². The second-order valence-electron chi connectivity index (χ2n) is 7.46. The Hall–Kier alpha value is -3.07. The summed E-state index contributed by atoms with van der Waals surface area (Å²) in [4.78, 5) is 20.0. The molecule has 166 valence electrons. The Morgan fingerprint density at radius 1 is 1.03 bits per heavy atom. The summed E-state index contributed by atoms with van der Waals surface area (Å²) in [6.07, 6.45) is 3.40. The van der Waals surface area contributed by atoms with Crippen molar-refractivity contribution in [3.05, 3.63) is 84.2 Å². The summed E-state index contributed by atoms with van der Waals surface area (Å²) < 4.78 is 18.7. The molecule has 2 N–H and O–H groups in total. The molecule has 1 fully saturated rings. The fraction of sp³-hybridized carbons (Fsp3) is 0.250. The Bertz CT molecular complexity index is 1050. The van der Waals surface area contributed by atoms with Gasteiger partial charge in [0.2, 0.25) is 0 Å². The summed E-state index contributed by atoms with van der Waals surface area (Å²) in [6, 6.07) is 18.4. The number of amides is 2. The summed E-state index contributed by atoms with van der Waals surface area (Å²) in [7, 11) is -1.31. The van der Waals surface area contributed by atoms with E-state index < -0.39 is 10.8 Å². The number of anilines is 1. The first-order chi connectivity index (χ1) is 15.7. The molecule has 0 radical (unpaired) electrons. The van der Waals surface area contributed by atoms with Gasteiger partial charge in [-0.05, 0) is 47.5 Å². The van der Waals surface area contributed by atoms with Crippen molar-refractivity contribution >= 4 is 22.5 Å². The quantitative estimate of drug-likeness (QED) is 0.576. The van der Waals surface area contributed by atoms with Crippen molar-refractivity contribution < 1.29 is 13.7 Å². The molecule has 1 atom stereocenters. The summed E-state index contributed by atoms with van der Waals surface area (Å²) in [5.41, 5.74) is 2.62. The topological polar surface area (TPSA) is 83.6 Å². The van der Waals surface area contributed by atoms with Crippen LogP contribution in [0.4, 0.5) is 10.5 Å². The molecule has 2 aromatic carbocycles. The largest absolute Gasteiger partial charge is 0.379 e. The van der Waals surface area contributed by atoms with Gasteiger partial charge in [0, 0.05) is 54.1 Å². The third-order valence-corrected chi connectivity index (χ3v) is 6.67. The molecular formula is C24H26N4O3S. The van der Waals surface area contributed by atoms with Gasteiger partial charge < -0.3 is 15.4 Å². The van der Waals surface area contributed by atoms with Crippen molar-refractivity contribution in [2.75, 3.05) is 31.6 Å². The monoisotopic (exact) mass is 450 g/mol. The number of benzene rings is 2. The second-order valence-corrected chi connectivity index (χ2v) is 8.91. The molecule has 4 rings (SSSR count). The Balaban J connectivity index is 1.37. The van der Waals surface area contributed by atoms with Gasteiger partial charge in [0.15, 0.2) is 0 Å². The van der Waals surface area contributed by atoms with E-state index in [0.717, 1.165) is 48.9 Å². The lowest BCUT2D eigenvalue weighted by Crippen LogP contribution is -2.35. The molecule has 1 aliphatic rings. The maximum absolute atomic E-state index is 13.3. The molecule has 1 aromatic heterocycles. The Morgan fingerprint density at radius 2 is 1.81 bits per heavy atom. The van der Waals surface area contributed by atoms with Crippen LogP contribution in [0.2, 0.25) is 0 Å². The number of aromatic nitrogens is 1. The second kappa shape index (κ2) is 11.0. The van der Waals surface area contributed by atoms with Gasteiger partial charge in [-0.1, -0.05) is 24.3 Å². The number of rotatable bonds is 7. The summed E-state index contributed by atoms with van der Waals surface area (Å²) in [6.45, 7) is 4.36. The van der Waals surface area contributed by atoms with E-state index in [1.54, 1.807) is 36.7 Å². The van der Waals surface area contributed by atoms with Crippen molar-refractivity contribution in [2.45, 2.75) is 22.9 Å². The van der Waals surface area contributed by atoms with Crippen LogP contribution in [0, 0.1) is 0 Å². The van der Waals surface area contributed by atoms with E-state index in [-0.39, 0.29) is 6.03 Å². The van der Waals surface area contributed by atoms with Gasteiger partial charge in [0.1, 0.15) is 0 Å². The molecule has 2 amide bonds. The highest BCUT2D eigenvalue weighted by Gasteiger charge is 2.16. The predicted octanol–water partition coefficient (Wildman–Crippen LogP) is 3.40. The molecule has 1 saturated heterocycles. The van der Waals surface area contributed by atoms with E-state index in [1.807, 2.05) is 36.4 Å². The van der Waals surface area contributed by atoms with E-state index in [2.05, 4.69) is 20.5 Å². The van der Waals surface area contributed by atoms with Crippen LogP contribution in [0.3, 0.4) is 0 Å². The van der Waals surface area contributed by atoms with E-state index in [0.29, 0.717) is 17.1 Å². The number of ether oxygens (including phenoxy) is 1. The molecule has 8 heteroatoms. The number of carbonyl (C=O) groups excluding carboxylic acids is 1. The molecule has 0 aliphatic carbocycles. The lowest BCUT2D eigenvalue weighted by atomic mass is 10.2. The molecule has 32 heavy (non-hydrogen) atoms. The number of carbonyl (C=O) groups is 1. The third kappa shape index (κ3) is 6.00. The van der Waals surface area contributed by atoms with Gasteiger partial charge in [0.25, 0.3) is 0 Å². The number of nitrogens with one attached hydrogen (secondary N) is 2. The third-order valence-electron chi connectivity index (χ3n) is 5.17. The number of urea groups is 1. The molecule has 0 spiro atoms. The van der Waals surface area contributed by atoms with Crippen molar-refractivity contribution in [3.8, 4) is 0 Å². The van der Waals surface area contributed by atoms with Gasteiger partial charge in [0.05, 0.1) is 24.0 Å². The van der Waals surface area contributed by atoms with Crippen molar-refractivity contribution in [3.63, 3.8) is 0 Å². The lowest BCUT2D eigenvalue weighted by Gasteiger charge is -2.27. The zero-order valence-electron chi connectivity index (χ0n) is 17.7. The Morgan fingerprint density at radius 3 is 2.56 bits per heavy atom. The maximum Gasteiger partial charge on any atom is 0.319 e. The molecule has 1 aliphatic heterocycles. The van der Waals surface area contributed by atoms with Crippen LogP contribution in [-0.4, -0.2) is 46.4 Å². The minimum Gasteiger partial charge on any atom is -0.379 e. The van der Waals surface area contributed by atoms with Gasteiger partial charge in [-0.3, -0.25) is 9.88 Å². The van der Waals surface area contributed by atoms with Crippen molar-refractivity contribution in [1.29, 1.82) is 0 Å². The molecular weight excluding hydrogens is 424 g/mol. The first-order valence-corrected chi connectivity index (χ1v) is 11.7. The average molecular weight is 451 g/mol. The van der Waals surface area contributed by atoms with Crippen LogP contribution in [0.1, 0.15) is 11.1 Å². The van der Waals surface area contributed by atoms with Crippen LogP contribution >= 0.6 is 0 Å². The normalized spacial score (nSPS) is 15.1. The number of pyridine rings is 1. The average Bonchev–Trinajstić information content (AvgIpc) is 2.84. The van der Waals surface area contributed by atoms with E-state index >= 15 is 0 Å². The molecule has 2 heterocycles. The predicted molar refractivity (Wildman–Crippen MR) is 124 cm³/mol. The van der Waals surface area contributed by atoms with Crippen molar-refractivity contribution in [2.24, 2.45) is 0 Å². The van der Waals surface area contributed by atoms with E-state index in [4.69, 9.17) is 4.74 Å². The zero-order chi connectivity index (χ0) is 22.2. The Labute approximate surface area is 190 Å². The molecule has 7 nitrogen and oxygen atoms in total. The van der Waals surface area contributed by atoms with Crippen molar-refractivity contribution in [1.82, 2.24) is 15.2 Å². The number of hydrogen-bond acceptors (Lipinski definition) is 5. The van der Waals surface area contributed by atoms with Gasteiger partial charge >= 0.3 is 6.03 Å². The fourth-order valence-electron chi connectivity index (χ4n) is 3.46. The number of nitrogens with zero attached hydrogens (tertiary/aromatic N) is 2. The molecule has 1 unspecified atom stereocenters. The number of hydrogen-bond donors (Lipinski definition) is 2. The number of morpholine rings is 1. The minimum absolute atomic E-state index is 0.307. The SMILES string of the molecule is O=C(NCc1cccnc1)Nc1ccc(S(=O)c2ccccc2CN2CCOCC2)cc1. The summed E-state index contributed by atoms with van der Waals surface area (Å²) in [5, 5.41) is 5.59. The minimum atomic E-state index is -1.31. The molecule has 0 saturated carbocycles. The molecule has 3 aromatic rings. The van der Waals surface area contributed by atoms with E-state index in [1.165, 1.54) is 0 Å².